The van der Waals surface area contributed by atoms with Crippen molar-refractivity contribution in [3.05, 3.63) is 125 Å². The van der Waals surface area contributed by atoms with Crippen LogP contribution in [0.4, 0.5) is 4.39 Å². The summed E-state index contributed by atoms with van der Waals surface area (Å²) in [6.07, 6.45) is 4.20. The molecule has 0 aliphatic heterocycles. The molecule has 0 fully saturated rings. The molecule has 5 rings (SSSR count). The average molecular weight is 482 g/mol. The van der Waals surface area contributed by atoms with Crippen molar-refractivity contribution in [1.82, 2.24) is 15.6 Å². The highest BCUT2D eigenvalue weighted by molar-refractivity contribution is 5.95. The van der Waals surface area contributed by atoms with Gasteiger partial charge in [0.2, 0.25) is 0 Å². The average Bonchev–Trinajstić information content (AvgIpc) is 3.21. The Bertz CT molecular complexity index is 1350. The molecule has 0 saturated carbocycles. The molecule has 2 atom stereocenters. The molecule has 0 spiro atoms. The fourth-order valence-electron chi connectivity index (χ4n) is 4.69. The lowest BCUT2D eigenvalue weighted by molar-refractivity contribution is 0.0854. The van der Waals surface area contributed by atoms with Crippen LogP contribution in [0.25, 0.3) is 11.1 Å². The summed E-state index contributed by atoms with van der Waals surface area (Å²) in [5.74, 6) is -1.13. The predicted molar refractivity (Wildman–Crippen MR) is 138 cm³/mol. The molecule has 6 heteroatoms. The van der Waals surface area contributed by atoms with E-state index in [1.807, 2.05) is 60.8 Å². The number of fused-ring (bicyclic) bond motifs is 1. The Labute approximate surface area is 210 Å². The second-order valence-corrected chi connectivity index (χ2v) is 9.10. The summed E-state index contributed by atoms with van der Waals surface area (Å²) in [7, 11) is 0. The monoisotopic (exact) mass is 481 g/mol. The Kier molecular flexibility index (Phi) is 7.16. The molecule has 0 radical (unpaired) electrons. The van der Waals surface area contributed by atoms with Gasteiger partial charge < -0.3 is 15.7 Å². The molecule has 182 valence electrons. The van der Waals surface area contributed by atoms with Crippen LogP contribution in [0.2, 0.25) is 0 Å². The molecule has 1 aliphatic carbocycles. The summed E-state index contributed by atoms with van der Waals surface area (Å²) in [6, 6.07) is 23.5. The molecule has 3 N–H and O–H groups in total. The number of halogens is 1. The maximum absolute atomic E-state index is 14.9. The first-order valence-electron chi connectivity index (χ1n) is 12.1. The van der Waals surface area contributed by atoms with Gasteiger partial charge in [0.25, 0.3) is 5.91 Å². The summed E-state index contributed by atoms with van der Waals surface area (Å²) in [4.78, 5) is 17.1. The van der Waals surface area contributed by atoms with Crippen molar-refractivity contribution in [2.75, 3.05) is 6.54 Å². The van der Waals surface area contributed by atoms with Gasteiger partial charge in [-0.1, -0.05) is 60.7 Å². The van der Waals surface area contributed by atoms with Gasteiger partial charge in [0, 0.05) is 25.4 Å². The van der Waals surface area contributed by atoms with Crippen LogP contribution in [0.3, 0.4) is 0 Å². The first-order chi connectivity index (χ1) is 17.6. The number of carbonyl (C=O) groups is 1. The second kappa shape index (κ2) is 10.8. The van der Waals surface area contributed by atoms with Gasteiger partial charge in [0.05, 0.1) is 17.7 Å². The summed E-state index contributed by atoms with van der Waals surface area (Å²) in [6.45, 7) is 1.48. The Morgan fingerprint density at radius 3 is 2.61 bits per heavy atom. The van der Waals surface area contributed by atoms with E-state index in [0.717, 1.165) is 35.2 Å². The standard InChI is InChI=1S/C30H28FN3O2/c31-27-16-23(22-6-2-1-3-7-22)10-11-25(27)30(36)34-29-26-15-21(8-9-24(26)17-28(29)35)19-33-14-12-20-5-4-13-32-18-20/h1-11,13,15-16,18,28-29,33,35H,12,14,17,19H2,(H,34,36)/t28-,29-/m1/s1. The van der Waals surface area contributed by atoms with Gasteiger partial charge in [-0.25, -0.2) is 4.39 Å². The summed E-state index contributed by atoms with van der Waals surface area (Å²) in [5, 5.41) is 17.0. The molecule has 0 unspecified atom stereocenters. The van der Waals surface area contributed by atoms with Gasteiger partial charge in [-0.2, -0.15) is 0 Å². The molecular weight excluding hydrogens is 453 g/mol. The zero-order valence-electron chi connectivity index (χ0n) is 19.8. The highest BCUT2D eigenvalue weighted by Crippen LogP contribution is 2.33. The Morgan fingerprint density at radius 1 is 0.972 bits per heavy atom. The molecule has 1 amide bonds. The first-order valence-corrected chi connectivity index (χ1v) is 12.1. The van der Waals surface area contributed by atoms with Crippen LogP contribution < -0.4 is 10.6 Å². The van der Waals surface area contributed by atoms with E-state index in [0.29, 0.717) is 18.5 Å². The number of aliphatic hydroxyl groups is 1. The third kappa shape index (κ3) is 5.35. The van der Waals surface area contributed by atoms with Crippen LogP contribution in [0, 0.1) is 5.82 Å². The lowest BCUT2D eigenvalue weighted by Gasteiger charge is -2.19. The number of rotatable bonds is 8. The zero-order valence-corrected chi connectivity index (χ0v) is 19.8. The van der Waals surface area contributed by atoms with Crippen molar-refractivity contribution in [2.24, 2.45) is 0 Å². The number of pyridine rings is 1. The topological polar surface area (TPSA) is 74.2 Å². The SMILES string of the molecule is O=C(N[C@@H]1c2cc(CNCCc3cccnc3)ccc2C[C@H]1O)c1ccc(-c2ccccc2)cc1F. The third-order valence-corrected chi connectivity index (χ3v) is 6.61. The van der Waals surface area contributed by atoms with Crippen LogP contribution >= 0.6 is 0 Å². The van der Waals surface area contributed by atoms with Crippen molar-refractivity contribution >= 4 is 5.91 Å². The van der Waals surface area contributed by atoms with Gasteiger partial charge in [0.15, 0.2) is 0 Å². The van der Waals surface area contributed by atoms with E-state index < -0.39 is 23.9 Å². The number of amides is 1. The zero-order chi connectivity index (χ0) is 24.9. The fraction of sp³-hybridized carbons (Fsp3) is 0.200. The number of aliphatic hydroxyl groups excluding tert-OH is 1. The van der Waals surface area contributed by atoms with Crippen molar-refractivity contribution in [2.45, 2.75) is 31.5 Å². The molecule has 0 saturated heterocycles. The lowest BCUT2D eigenvalue weighted by atomic mass is 10.0. The highest BCUT2D eigenvalue weighted by Gasteiger charge is 2.33. The molecule has 3 aromatic carbocycles. The van der Waals surface area contributed by atoms with Crippen LogP contribution in [-0.4, -0.2) is 28.6 Å². The number of hydrogen-bond donors (Lipinski definition) is 3. The number of carbonyl (C=O) groups excluding carboxylic acids is 1. The Balaban J connectivity index is 1.25. The van der Waals surface area contributed by atoms with Crippen molar-refractivity contribution in [3.63, 3.8) is 0 Å². The number of benzene rings is 3. The fourth-order valence-corrected chi connectivity index (χ4v) is 4.69. The number of aromatic nitrogens is 1. The summed E-state index contributed by atoms with van der Waals surface area (Å²) >= 11 is 0. The van der Waals surface area contributed by atoms with Crippen LogP contribution in [-0.2, 0) is 19.4 Å². The molecule has 1 aromatic heterocycles. The van der Waals surface area contributed by atoms with Crippen molar-refractivity contribution in [3.8, 4) is 11.1 Å². The van der Waals surface area contributed by atoms with E-state index in [2.05, 4.69) is 21.7 Å². The van der Waals surface area contributed by atoms with Crippen molar-refractivity contribution < 1.29 is 14.3 Å². The molecule has 4 aromatic rings. The van der Waals surface area contributed by atoms with Gasteiger partial charge >= 0.3 is 0 Å². The molecular formula is C30H28FN3O2. The molecule has 1 aliphatic rings. The first kappa shape index (κ1) is 23.9. The van der Waals surface area contributed by atoms with E-state index in [4.69, 9.17) is 0 Å². The maximum atomic E-state index is 14.9. The Morgan fingerprint density at radius 2 is 1.83 bits per heavy atom. The van der Waals surface area contributed by atoms with Gasteiger partial charge in [-0.3, -0.25) is 9.78 Å². The predicted octanol–water partition coefficient (Wildman–Crippen LogP) is 4.61. The maximum Gasteiger partial charge on any atom is 0.254 e. The number of nitrogens with zero attached hydrogens (tertiary/aromatic N) is 1. The number of nitrogens with one attached hydrogen (secondary N) is 2. The molecule has 0 bridgehead atoms. The minimum Gasteiger partial charge on any atom is -0.390 e. The third-order valence-electron chi connectivity index (χ3n) is 6.61. The van der Waals surface area contributed by atoms with Crippen LogP contribution in [0.1, 0.15) is 38.7 Å². The highest BCUT2D eigenvalue weighted by atomic mass is 19.1. The smallest absolute Gasteiger partial charge is 0.254 e. The minimum absolute atomic E-state index is 0.0384. The largest absolute Gasteiger partial charge is 0.390 e. The molecule has 5 nitrogen and oxygen atoms in total. The van der Waals surface area contributed by atoms with Gasteiger partial charge in [-0.15, -0.1) is 0 Å². The van der Waals surface area contributed by atoms with Gasteiger partial charge in [0.1, 0.15) is 5.82 Å². The minimum atomic E-state index is -0.760. The quantitative estimate of drug-likeness (QED) is 0.322. The van der Waals surface area contributed by atoms with Crippen molar-refractivity contribution in [1.29, 1.82) is 0 Å². The number of hydrogen-bond acceptors (Lipinski definition) is 4. The van der Waals surface area contributed by atoms with E-state index in [-0.39, 0.29) is 5.56 Å². The summed E-state index contributed by atoms with van der Waals surface area (Å²) in [5.41, 5.74) is 5.65. The van der Waals surface area contributed by atoms with E-state index in [1.165, 1.54) is 17.7 Å². The van der Waals surface area contributed by atoms with Crippen LogP contribution in [0.5, 0.6) is 0 Å². The molecule has 1 heterocycles. The van der Waals surface area contributed by atoms with Gasteiger partial charge in [-0.05, 0) is 64.5 Å². The van der Waals surface area contributed by atoms with E-state index in [9.17, 15) is 14.3 Å². The Hall–Kier alpha value is -3.87. The molecule has 36 heavy (non-hydrogen) atoms. The second-order valence-electron chi connectivity index (χ2n) is 9.10. The van der Waals surface area contributed by atoms with E-state index >= 15 is 0 Å². The lowest BCUT2D eigenvalue weighted by Crippen LogP contribution is -2.34. The summed E-state index contributed by atoms with van der Waals surface area (Å²) < 4.78 is 14.9. The normalized spacial score (nSPS) is 16.5. The van der Waals surface area contributed by atoms with Crippen LogP contribution in [0.15, 0.2) is 91.3 Å². The van der Waals surface area contributed by atoms with E-state index in [1.54, 1.807) is 12.3 Å².